The third kappa shape index (κ3) is 1.75. The highest BCUT2D eigenvalue weighted by molar-refractivity contribution is 5.56. The van der Waals surface area contributed by atoms with E-state index in [2.05, 4.69) is 52.9 Å². The fraction of sp³-hybridized carbons (Fsp3) is 0.429. The molecule has 1 aromatic carbocycles. The van der Waals surface area contributed by atoms with Crippen molar-refractivity contribution in [1.82, 2.24) is 14.8 Å². The van der Waals surface area contributed by atoms with Gasteiger partial charge in [-0.1, -0.05) is 30.7 Å². The molecule has 3 heteroatoms. The highest BCUT2D eigenvalue weighted by Crippen LogP contribution is 2.29. The lowest BCUT2D eigenvalue weighted by atomic mass is 10.0. The lowest BCUT2D eigenvalue weighted by Crippen LogP contribution is -2.14. The van der Waals surface area contributed by atoms with Crippen LogP contribution < -0.4 is 0 Å². The first-order valence-corrected chi connectivity index (χ1v) is 6.26. The molecule has 0 N–H and O–H groups in total. The first-order chi connectivity index (χ1) is 8.25. The Morgan fingerprint density at radius 3 is 3.00 bits per heavy atom. The molecule has 1 aliphatic rings. The maximum absolute atomic E-state index is 4.37. The Bertz CT molecular complexity index is 542. The summed E-state index contributed by atoms with van der Waals surface area (Å²) in [7, 11) is 0. The van der Waals surface area contributed by atoms with Crippen LogP contribution in [0.4, 0.5) is 0 Å². The normalized spacial score (nSPS) is 19.1. The standard InChI is InChI=1S/C14H17N3/c1-10-5-3-7-12(9-10)14-16-15-13-11(2)6-4-8-17(13)14/h3,5,7,9,11H,4,6,8H2,1-2H3. The van der Waals surface area contributed by atoms with Crippen molar-refractivity contribution in [3.63, 3.8) is 0 Å². The van der Waals surface area contributed by atoms with Crippen molar-refractivity contribution in [2.75, 3.05) is 0 Å². The summed E-state index contributed by atoms with van der Waals surface area (Å²) in [6.45, 7) is 5.40. The maximum atomic E-state index is 4.37. The minimum absolute atomic E-state index is 0.537. The molecule has 0 amide bonds. The van der Waals surface area contributed by atoms with E-state index in [-0.39, 0.29) is 0 Å². The van der Waals surface area contributed by atoms with E-state index in [0.29, 0.717) is 5.92 Å². The van der Waals surface area contributed by atoms with Crippen molar-refractivity contribution >= 4 is 0 Å². The van der Waals surface area contributed by atoms with Crippen LogP contribution in [0, 0.1) is 6.92 Å². The van der Waals surface area contributed by atoms with E-state index in [9.17, 15) is 0 Å². The molecule has 0 fully saturated rings. The number of hydrogen-bond acceptors (Lipinski definition) is 2. The highest BCUT2D eigenvalue weighted by Gasteiger charge is 2.22. The Hall–Kier alpha value is -1.64. The van der Waals surface area contributed by atoms with Crippen molar-refractivity contribution in [2.45, 2.75) is 39.2 Å². The van der Waals surface area contributed by atoms with E-state index in [1.807, 2.05) is 0 Å². The van der Waals surface area contributed by atoms with Crippen molar-refractivity contribution < 1.29 is 0 Å². The van der Waals surface area contributed by atoms with Gasteiger partial charge >= 0.3 is 0 Å². The summed E-state index contributed by atoms with van der Waals surface area (Å²) < 4.78 is 2.28. The molecule has 3 nitrogen and oxygen atoms in total. The van der Waals surface area contributed by atoms with Crippen molar-refractivity contribution in [3.05, 3.63) is 35.7 Å². The molecule has 0 aliphatic carbocycles. The largest absolute Gasteiger partial charge is 0.311 e. The predicted octanol–water partition coefficient (Wildman–Crippen LogP) is 3.15. The van der Waals surface area contributed by atoms with Crippen LogP contribution in [-0.2, 0) is 6.54 Å². The van der Waals surface area contributed by atoms with Crippen LogP contribution in [0.15, 0.2) is 24.3 Å². The Kier molecular flexibility index (Phi) is 2.46. The van der Waals surface area contributed by atoms with E-state index < -0.39 is 0 Å². The second-order valence-electron chi connectivity index (χ2n) is 4.95. The van der Waals surface area contributed by atoms with Crippen LogP contribution in [-0.4, -0.2) is 14.8 Å². The predicted molar refractivity (Wildman–Crippen MR) is 67.8 cm³/mol. The molecule has 0 bridgehead atoms. The Morgan fingerprint density at radius 2 is 2.18 bits per heavy atom. The summed E-state index contributed by atoms with van der Waals surface area (Å²) in [6, 6.07) is 8.48. The van der Waals surface area contributed by atoms with Gasteiger partial charge in [-0.2, -0.15) is 0 Å². The zero-order valence-corrected chi connectivity index (χ0v) is 10.3. The van der Waals surface area contributed by atoms with Gasteiger partial charge in [-0.05, 0) is 25.8 Å². The van der Waals surface area contributed by atoms with Crippen LogP contribution in [0.25, 0.3) is 11.4 Å². The molecule has 88 valence electrons. The number of benzene rings is 1. The van der Waals surface area contributed by atoms with Gasteiger partial charge in [0, 0.05) is 18.0 Å². The van der Waals surface area contributed by atoms with E-state index in [0.717, 1.165) is 18.2 Å². The summed E-state index contributed by atoms with van der Waals surface area (Å²) in [5.41, 5.74) is 2.45. The van der Waals surface area contributed by atoms with Gasteiger partial charge in [0.15, 0.2) is 5.82 Å². The lowest BCUT2D eigenvalue weighted by molar-refractivity contribution is 0.466. The second-order valence-corrected chi connectivity index (χ2v) is 4.95. The van der Waals surface area contributed by atoms with Gasteiger partial charge in [-0.25, -0.2) is 0 Å². The van der Waals surface area contributed by atoms with Crippen molar-refractivity contribution in [3.8, 4) is 11.4 Å². The van der Waals surface area contributed by atoms with E-state index >= 15 is 0 Å². The van der Waals surface area contributed by atoms with Gasteiger partial charge in [-0.15, -0.1) is 10.2 Å². The van der Waals surface area contributed by atoms with Crippen LogP contribution in [0.2, 0.25) is 0 Å². The molecule has 0 radical (unpaired) electrons. The summed E-state index contributed by atoms with van der Waals surface area (Å²) >= 11 is 0. The van der Waals surface area contributed by atoms with Gasteiger partial charge in [0.2, 0.25) is 0 Å². The molecule has 0 spiro atoms. The number of aryl methyl sites for hydroxylation is 1. The Morgan fingerprint density at radius 1 is 1.29 bits per heavy atom. The number of fused-ring (bicyclic) bond motifs is 1. The third-order valence-corrected chi connectivity index (χ3v) is 3.52. The van der Waals surface area contributed by atoms with E-state index in [4.69, 9.17) is 0 Å². The fourth-order valence-electron chi connectivity index (χ4n) is 2.58. The summed E-state index contributed by atoms with van der Waals surface area (Å²) in [5, 5.41) is 8.73. The molecule has 0 saturated carbocycles. The molecule has 1 aliphatic heterocycles. The lowest BCUT2D eigenvalue weighted by Gasteiger charge is -2.20. The first-order valence-electron chi connectivity index (χ1n) is 6.26. The summed E-state index contributed by atoms with van der Waals surface area (Å²) in [5.74, 6) is 2.71. The minimum atomic E-state index is 0.537. The molecule has 1 atom stereocenters. The smallest absolute Gasteiger partial charge is 0.163 e. The maximum Gasteiger partial charge on any atom is 0.163 e. The van der Waals surface area contributed by atoms with Crippen LogP contribution in [0.1, 0.15) is 37.1 Å². The zero-order chi connectivity index (χ0) is 11.8. The molecule has 1 unspecified atom stereocenters. The molecular formula is C14H17N3. The quantitative estimate of drug-likeness (QED) is 0.749. The zero-order valence-electron chi connectivity index (χ0n) is 10.3. The van der Waals surface area contributed by atoms with E-state index in [1.54, 1.807) is 0 Å². The molecule has 2 heterocycles. The topological polar surface area (TPSA) is 30.7 Å². The average molecular weight is 227 g/mol. The average Bonchev–Trinajstić information content (AvgIpc) is 2.74. The summed E-state index contributed by atoms with van der Waals surface area (Å²) in [6.07, 6.45) is 2.46. The first kappa shape index (κ1) is 10.5. The molecule has 3 rings (SSSR count). The van der Waals surface area contributed by atoms with Crippen LogP contribution in [0.5, 0.6) is 0 Å². The van der Waals surface area contributed by atoms with E-state index in [1.165, 1.54) is 24.0 Å². The minimum Gasteiger partial charge on any atom is -0.311 e. The van der Waals surface area contributed by atoms with Gasteiger partial charge < -0.3 is 4.57 Å². The molecule has 2 aromatic rings. The van der Waals surface area contributed by atoms with Gasteiger partial charge in [0.25, 0.3) is 0 Å². The number of hydrogen-bond donors (Lipinski definition) is 0. The second kappa shape index (κ2) is 3.99. The molecule has 0 saturated heterocycles. The van der Waals surface area contributed by atoms with Gasteiger partial charge in [0.05, 0.1) is 0 Å². The SMILES string of the molecule is Cc1cccc(-c2nnc3n2CCCC3C)c1. The Balaban J connectivity index is 2.10. The molecule has 1 aromatic heterocycles. The van der Waals surface area contributed by atoms with Crippen molar-refractivity contribution in [1.29, 1.82) is 0 Å². The molecular weight excluding hydrogens is 210 g/mol. The number of nitrogens with zero attached hydrogens (tertiary/aromatic N) is 3. The Labute approximate surface area is 101 Å². The van der Waals surface area contributed by atoms with Crippen LogP contribution in [0.3, 0.4) is 0 Å². The highest BCUT2D eigenvalue weighted by atomic mass is 15.3. The molecule has 17 heavy (non-hydrogen) atoms. The van der Waals surface area contributed by atoms with Gasteiger partial charge in [-0.3, -0.25) is 0 Å². The van der Waals surface area contributed by atoms with Gasteiger partial charge in [0.1, 0.15) is 5.82 Å². The fourth-order valence-corrected chi connectivity index (χ4v) is 2.58. The number of rotatable bonds is 1. The number of aromatic nitrogens is 3. The summed E-state index contributed by atoms with van der Waals surface area (Å²) in [4.78, 5) is 0. The van der Waals surface area contributed by atoms with Crippen molar-refractivity contribution in [2.24, 2.45) is 0 Å². The van der Waals surface area contributed by atoms with Crippen LogP contribution >= 0.6 is 0 Å². The third-order valence-electron chi connectivity index (χ3n) is 3.52. The monoisotopic (exact) mass is 227 g/mol.